The number of carbonyl (C=O) groups is 1. The number of nitrogens with zero attached hydrogens (tertiary/aromatic N) is 1. The van der Waals surface area contributed by atoms with Crippen LogP contribution in [0.3, 0.4) is 0 Å². The van der Waals surface area contributed by atoms with Crippen molar-refractivity contribution in [1.29, 1.82) is 0 Å². The van der Waals surface area contributed by atoms with E-state index in [1.54, 1.807) is 31.4 Å². The van der Waals surface area contributed by atoms with Gasteiger partial charge in [-0.2, -0.15) is 0 Å². The summed E-state index contributed by atoms with van der Waals surface area (Å²) in [4.78, 5) is 16.7. The summed E-state index contributed by atoms with van der Waals surface area (Å²) in [5.41, 5.74) is 2.92. The third-order valence-corrected chi connectivity index (χ3v) is 3.75. The number of aryl methyl sites for hydroxylation is 2. The second-order valence-electron chi connectivity index (χ2n) is 5.42. The molecule has 0 spiro atoms. The van der Waals surface area contributed by atoms with E-state index in [9.17, 15) is 4.79 Å². The lowest BCUT2D eigenvalue weighted by Crippen LogP contribution is -2.11. The predicted molar refractivity (Wildman–Crippen MR) is 92.4 cm³/mol. The molecule has 0 radical (unpaired) electrons. The van der Waals surface area contributed by atoms with Crippen LogP contribution in [0.25, 0.3) is 11.5 Å². The number of amides is 1. The molecule has 2 aromatic carbocycles. The molecule has 24 heavy (non-hydrogen) atoms. The third-order valence-electron chi connectivity index (χ3n) is 3.75. The summed E-state index contributed by atoms with van der Waals surface area (Å²) in [7, 11) is 1.59. The fourth-order valence-corrected chi connectivity index (χ4v) is 2.27. The quantitative estimate of drug-likeness (QED) is 0.781. The van der Waals surface area contributed by atoms with Gasteiger partial charge in [0.25, 0.3) is 5.91 Å². The highest BCUT2D eigenvalue weighted by Gasteiger charge is 2.10. The van der Waals surface area contributed by atoms with Gasteiger partial charge in [0, 0.05) is 16.8 Å². The minimum absolute atomic E-state index is 0.186. The van der Waals surface area contributed by atoms with Crippen molar-refractivity contribution in [2.45, 2.75) is 13.8 Å². The van der Waals surface area contributed by atoms with Crippen LogP contribution in [0.4, 0.5) is 5.69 Å². The number of anilines is 1. The number of oxazole rings is 1. The Balaban J connectivity index is 1.79. The Morgan fingerprint density at radius 2 is 1.88 bits per heavy atom. The van der Waals surface area contributed by atoms with Gasteiger partial charge in [-0.25, -0.2) is 4.98 Å². The van der Waals surface area contributed by atoms with E-state index in [1.165, 1.54) is 0 Å². The number of carbonyl (C=O) groups excluding carboxylic acids is 1. The van der Waals surface area contributed by atoms with Gasteiger partial charge in [-0.3, -0.25) is 4.79 Å². The Morgan fingerprint density at radius 1 is 1.12 bits per heavy atom. The molecule has 1 heterocycles. The van der Waals surface area contributed by atoms with Gasteiger partial charge in [0.1, 0.15) is 11.5 Å². The SMILES string of the molecule is COc1ccc(C(=O)Nc2cccc(-c3nc(C)c(C)o3)c2)cc1. The van der Waals surface area contributed by atoms with E-state index in [1.807, 2.05) is 38.1 Å². The van der Waals surface area contributed by atoms with Gasteiger partial charge in [0.05, 0.1) is 12.8 Å². The van der Waals surface area contributed by atoms with Crippen LogP contribution in [0.1, 0.15) is 21.8 Å². The standard InChI is InChI=1S/C19H18N2O3/c1-12-13(2)24-19(20-12)15-5-4-6-16(11-15)21-18(22)14-7-9-17(23-3)10-8-14/h4-11H,1-3H3,(H,21,22). The number of hydrogen-bond donors (Lipinski definition) is 1. The number of ether oxygens (including phenoxy) is 1. The Labute approximate surface area is 140 Å². The zero-order valence-corrected chi connectivity index (χ0v) is 13.8. The molecule has 0 unspecified atom stereocenters. The topological polar surface area (TPSA) is 64.4 Å². The zero-order chi connectivity index (χ0) is 17.1. The summed E-state index contributed by atoms with van der Waals surface area (Å²) in [5.74, 6) is 1.86. The molecular weight excluding hydrogens is 304 g/mol. The Bertz CT molecular complexity index is 847. The van der Waals surface area contributed by atoms with E-state index < -0.39 is 0 Å². The molecule has 0 aliphatic heterocycles. The minimum Gasteiger partial charge on any atom is -0.497 e. The second kappa shape index (κ2) is 6.58. The average molecular weight is 322 g/mol. The molecule has 1 aromatic heterocycles. The maximum absolute atomic E-state index is 12.3. The Morgan fingerprint density at radius 3 is 2.50 bits per heavy atom. The highest BCUT2D eigenvalue weighted by Crippen LogP contribution is 2.24. The summed E-state index contributed by atoms with van der Waals surface area (Å²) < 4.78 is 10.7. The lowest BCUT2D eigenvalue weighted by molar-refractivity contribution is 0.102. The van der Waals surface area contributed by atoms with E-state index >= 15 is 0 Å². The van der Waals surface area contributed by atoms with Gasteiger partial charge in [0.15, 0.2) is 0 Å². The number of nitrogens with one attached hydrogen (secondary N) is 1. The lowest BCUT2D eigenvalue weighted by atomic mass is 10.1. The summed E-state index contributed by atoms with van der Waals surface area (Å²) in [6, 6.07) is 14.4. The maximum atomic E-state index is 12.3. The predicted octanol–water partition coefficient (Wildman–Crippen LogP) is 4.22. The number of aromatic nitrogens is 1. The lowest BCUT2D eigenvalue weighted by Gasteiger charge is -2.07. The van der Waals surface area contributed by atoms with Gasteiger partial charge < -0.3 is 14.5 Å². The molecule has 3 aromatic rings. The van der Waals surface area contributed by atoms with Crippen molar-refractivity contribution in [3.8, 4) is 17.2 Å². The summed E-state index contributed by atoms with van der Waals surface area (Å²) in [6.07, 6.45) is 0. The van der Waals surface area contributed by atoms with Gasteiger partial charge in [-0.15, -0.1) is 0 Å². The third kappa shape index (κ3) is 3.30. The van der Waals surface area contributed by atoms with E-state index in [2.05, 4.69) is 10.3 Å². The number of benzene rings is 2. The van der Waals surface area contributed by atoms with Gasteiger partial charge in [0.2, 0.25) is 5.89 Å². The first kappa shape index (κ1) is 15.8. The Kier molecular flexibility index (Phi) is 4.33. The molecule has 0 bridgehead atoms. The highest BCUT2D eigenvalue weighted by molar-refractivity contribution is 6.04. The largest absolute Gasteiger partial charge is 0.497 e. The van der Waals surface area contributed by atoms with Gasteiger partial charge in [-0.05, 0) is 56.3 Å². The van der Waals surface area contributed by atoms with Crippen LogP contribution >= 0.6 is 0 Å². The van der Waals surface area contributed by atoms with Crippen LogP contribution in [-0.2, 0) is 0 Å². The second-order valence-corrected chi connectivity index (χ2v) is 5.42. The van der Waals surface area contributed by atoms with Crippen molar-refractivity contribution in [2.75, 3.05) is 12.4 Å². The van der Waals surface area contributed by atoms with Crippen LogP contribution in [0.5, 0.6) is 5.75 Å². The number of rotatable bonds is 4. The molecular formula is C19H18N2O3. The van der Waals surface area contributed by atoms with E-state index in [4.69, 9.17) is 9.15 Å². The van der Waals surface area contributed by atoms with Crippen molar-refractivity contribution in [3.05, 3.63) is 65.5 Å². The van der Waals surface area contributed by atoms with E-state index in [-0.39, 0.29) is 5.91 Å². The van der Waals surface area contributed by atoms with E-state index in [0.29, 0.717) is 22.9 Å². The summed E-state index contributed by atoms with van der Waals surface area (Å²) in [6.45, 7) is 3.78. The van der Waals surface area contributed by atoms with Crippen molar-refractivity contribution < 1.29 is 13.9 Å². The van der Waals surface area contributed by atoms with Crippen LogP contribution in [0.2, 0.25) is 0 Å². The van der Waals surface area contributed by atoms with Crippen molar-refractivity contribution >= 4 is 11.6 Å². The zero-order valence-electron chi connectivity index (χ0n) is 13.8. The van der Waals surface area contributed by atoms with Crippen molar-refractivity contribution in [3.63, 3.8) is 0 Å². The summed E-state index contributed by atoms with van der Waals surface area (Å²) in [5, 5.41) is 2.88. The van der Waals surface area contributed by atoms with Crippen LogP contribution in [0.15, 0.2) is 52.9 Å². The molecule has 0 aliphatic rings. The average Bonchev–Trinajstić information content (AvgIpc) is 2.94. The number of methoxy groups -OCH3 is 1. The van der Waals surface area contributed by atoms with Crippen LogP contribution in [0, 0.1) is 13.8 Å². The van der Waals surface area contributed by atoms with Crippen LogP contribution in [-0.4, -0.2) is 18.0 Å². The molecule has 5 heteroatoms. The van der Waals surface area contributed by atoms with E-state index in [0.717, 1.165) is 17.0 Å². The first-order valence-corrected chi connectivity index (χ1v) is 7.56. The highest BCUT2D eigenvalue weighted by atomic mass is 16.5. The molecule has 122 valence electrons. The minimum atomic E-state index is -0.186. The smallest absolute Gasteiger partial charge is 0.255 e. The molecule has 0 aliphatic carbocycles. The fraction of sp³-hybridized carbons (Fsp3) is 0.158. The molecule has 5 nitrogen and oxygen atoms in total. The molecule has 1 N–H and O–H groups in total. The molecule has 1 amide bonds. The molecule has 0 fully saturated rings. The van der Waals surface area contributed by atoms with Crippen molar-refractivity contribution in [2.24, 2.45) is 0 Å². The first-order chi connectivity index (χ1) is 11.6. The van der Waals surface area contributed by atoms with Crippen molar-refractivity contribution in [1.82, 2.24) is 4.98 Å². The van der Waals surface area contributed by atoms with Crippen LogP contribution < -0.4 is 10.1 Å². The molecule has 0 saturated carbocycles. The van der Waals surface area contributed by atoms with Gasteiger partial charge in [-0.1, -0.05) is 6.07 Å². The Hall–Kier alpha value is -3.08. The summed E-state index contributed by atoms with van der Waals surface area (Å²) >= 11 is 0. The maximum Gasteiger partial charge on any atom is 0.255 e. The normalized spacial score (nSPS) is 10.5. The monoisotopic (exact) mass is 322 g/mol. The number of hydrogen-bond acceptors (Lipinski definition) is 4. The molecule has 0 saturated heterocycles. The fourth-order valence-electron chi connectivity index (χ4n) is 2.27. The first-order valence-electron chi connectivity index (χ1n) is 7.56. The molecule has 3 rings (SSSR count). The van der Waals surface area contributed by atoms with Gasteiger partial charge >= 0.3 is 0 Å². The molecule has 0 atom stereocenters.